The highest BCUT2D eigenvalue weighted by Gasteiger charge is 2.03. The summed E-state index contributed by atoms with van der Waals surface area (Å²) in [5, 5.41) is 1.31. The second-order valence-corrected chi connectivity index (χ2v) is 3.84. The number of fused-ring (bicyclic) bond motifs is 1. The van der Waals surface area contributed by atoms with Gasteiger partial charge in [-0.15, -0.1) is 0 Å². The first kappa shape index (κ1) is 10.2. The van der Waals surface area contributed by atoms with E-state index in [1.165, 1.54) is 16.6 Å². The van der Waals surface area contributed by atoms with Crippen LogP contribution in [0.25, 0.3) is 10.9 Å². The fourth-order valence-electron chi connectivity index (χ4n) is 1.91. The van der Waals surface area contributed by atoms with Crippen LogP contribution in [0, 0.1) is 0 Å². The lowest BCUT2D eigenvalue weighted by Crippen LogP contribution is -2.22. The van der Waals surface area contributed by atoms with Crippen molar-refractivity contribution in [1.29, 1.82) is 0 Å². The van der Waals surface area contributed by atoms with Gasteiger partial charge in [-0.25, -0.2) is 0 Å². The van der Waals surface area contributed by atoms with Crippen LogP contribution in [-0.4, -0.2) is 23.0 Å². The zero-order valence-electron chi connectivity index (χ0n) is 9.46. The summed E-state index contributed by atoms with van der Waals surface area (Å²) in [6.45, 7) is 7.62. The molecule has 2 nitrogen and oxygen atoms in total. The van der Waals surface area contributed by atoms with Crippen LogP contribution in [-0.2, 0) is 6.54 Å². The van der Waals surface area contributed by atoms with Crippen molar-refractivity contribution in [3.63, 3.8) is 0 Å². The highest BCUT2D eigenvalue weighted by Crippen LogP contribution is 2.15. The summed E-state index contributed by atoms with van der Waals surface area (Å²) in [5.74, 6) is 0. The number of H-pyrrole nitrogens is 1. The third-order valence-corrected chi connectivity index (χ3v) is 2.87. The van der Waals surface area contributed by atoms with Crippen molar-refractivity contribution in [1.82, 2.24) is 9.88 Å². The lowest BCUT2D eigenvalue weighted by atomic mass is 10.2. The topological polar surface area (TPSA) is 19.0 Å². The molecule has 0 saturated heterocycles. The average molecular weight is 202 g/mol. The third-order valence-electron chi connectivity index (χ3n) is 2.87. The Kier molecular flexibility index (Phi) is 3.07. The molecule has 0 amide bonds. The quantitative estimate of drug-likeness (QED) is 0.807. The van der Waals surface area contributed by atoms with E-state index < -0.39 is 0 Å². The molecule has 0 radical (unpaired) electrons. The lowest BCUT2D eigenvalue weighted by molar-refractivity contribution is 0.293. The van der Waals surface area contributed by atoms with Crippen LogP contribution in [0.15, 0.2) is 30.3 Å². The van der Waals surface area contributed by atoms with E-state index in [4.69, 9.17) is 0 Å². The fourth-order valence-corrected chi connectivity index (χ4v) is 1.91. The summed E-state index contributed by atoms with van der Waals surface area (Å²) in [4.78, 5) is 5.86. The number of hydrogen-bond donors (Lipinski definition) is 1. The Balaban J connectivity index is 2.21. The van der Waals surface area contributed by atoms with Crippen LogP contribution < -0.4 is 0 Å². The molecular formula is C13H18N2. The number of aromatic nitrogens is 1. The predicted molar refractivity (Wildman–Crippen MR) is 64.9 cm³/mol. The monoisotopic (exact) mass is 202 g/mol. The van der Waals surface area contributed by atoms with Crippen LogP contribution >= 0.6 is 0 Å². The first-order valence-corrected chi connectivity index (χ1v) is 5.62. The maximum absolute atomic E-state index is 3.45. The first-order valence-electron chi connectivity index (χ1n) is 5.62. The summed E-state index contributed by atoms with van der Waals surface area (Å²) in [7, 11) is 0. The highest BCUT2D eigenvalue weighted by atomic mass is 15.1. The second-order valence-electron chi connectivity index (χ2n) is 3.84. The Morgan fingerprint density at radius 1 is 1.13 bits per heavy atom. The Hall–Kier alpha value is -1.28. The van der Waals surface area contributed by atoms with Crippen molar-refractivity contribution in [2.24, 2.45) is 0 Å². The number of nitrogens with zero attached hydrogens (tertiary/aromatic N) is 1. The molecule has 1 N–H and O–H groups in total. The van der Waals surface area contributed by atoms with Gasteiger partial charge in [-0.1, -0.05) is 32.0 Å². The average Bonchev–Trinajstić information content (AvgIpc) is 2.68. The summed E-state index contributed by atoms with van der Waals surface area (Å²) >= 11 is 0. The van der Waals surface area contributed by atoms with Gasteiger partial charge in [0.15, 0.2) is 0 Å². The number of nitrogens with one attached hydrogen (secondary N) is 1. The van der Waals surface area contributed by atoms with Crippen LogP contribution in [0.5, 0.6) is 0 Å². The molecule has 80 valence electrons. The fraction of sp³-hybridized carbons (Fsp3) is 0.385. The van der Waals surface area contributed by atoms with Crippen molar-refractivity contribution < 1.29 is 0 Å². The second kappa shape index (κ2) is 4.49. The van der Waals surface area contributed by atoms with Crippen molar-refractivity contribution in [3.8, 4) is 0 Å². The largest absolute Gasteiger partial charge is 0.357 e. The van der Waals surface area contributed by atoms with Gasteiger partial charge in [-0.05, 0) is 30.6 Å². The van der Waals surface area contributed by atoms with Crippen molar-refractivity contribution in [2.75, 3.05) is 13.1 Å². The van der Waals surface area contributed by atoms with E-state index in [0.717, 1.165) is 19.6 Å². The van der Waals surface area contributed by atoms with Gasteiger partial charge in [-0.2, -0.15) is 0 Å². The lowest BCUT2D eigenvalue weighted by Gasteiger charge is -2.16. The maximum Gasteiger partial charge on any atom is 0.0456 e. The molecule has 0 unspecified atom stereocenters. The molecule has 2 rings (SSSR count). The highest BCUT2D eigenvalue weighted by molar-refractivity contribution is 5.80. The molecule has 0 saturated carbocycles. The molecule has 0 bridgehead atoms. The molecule has 0 spiro atoms. The third kappa shape index (κ3) is 2.21. The molecule has 0 aliphatic heterocycles. The summed E-state index contributed by atoms with van der Waals surface area (Å²) < 4.78 is 0. The van der Waals surface area contributed by atoms with E-state index in [0.29, 0.717) is 0 Å². The summed E-state index contributed by atoms with van der Waals surface area (Å²) in [5.41, 5.74) is 2.54. The summed E-state index contributed by atoms with van der Waals surface area (Å²) in [6.07, 6.45) is 0. The van der Waals surface area contributed by atoms with E-state index >= 15 is 0 Å². The predicted octanol–water partition coefficient (Wildman–Crippen LogP) is 3.01. The standard InChI is InChI=1S/C13H18N2/c1-3-15(4-2)10-12-9-11-7-5-6-8-13(11)14-12/h5-9,14H,3-4,10H2,1-2H3. The van der Waals surface area contributed by atoms with Gasteiger partial charge in [0, 0.05) is 17.8 Å². The molecule has 1 aromatic heterocycles. The molecule has 1 aromatic carbocycles. The molecule has 1 heterocycles. The van der Waals surface area contributed by atoms with E-state index in [-0.39, 0.29) is 0 Å². The molecule has 2 aromatic rings. The van der Waals surface area contributed by atoms with Gasteiger partial charge in [0.1, 0.15) is 0 Å². The minimum Gasteiger partial charge on any atom is -0.357 e. The summed E-state index contributed by atoms with van der Waals surface area (Å²) in [6, 6.07) is 10.7. The van der Waals surface area contributed by atoms with Crippen LogP contribution in [0.2, 0.25) is 0 Å². The molecule has 0 aliphatic carbocycles. The number of aromatic amines is 1. The van der Waals surface area contributed by atoms with Gasteiger partial charge >= 0.3 is 0 Å². The molecule has 0 fully saturated rings. The first-order chi connectivity index (χ1) is 7.33. The van der Waals surface area contributed by atoms with E-state index in [2.05, 4.69) is 54.1 Å². The van der Waals surface area contributed by atoms with E-state index in [1.54, 1.807) is 0 Å². The molecule has 15 heavy (non-hydrogen) atoms. The molecule has 0 atom stereocenters. The Bertz CT molecular complexity index is 394. The molecule has 2 heteroatoms. The minimum atomic E-state index is 1.02. The van der Waals surface area contributed by atoms with Crippen molar-refractivity contribution in [2.45, 2.75) is 20.4 Å². The molecule has 0 aliphatic rings. The smallest absolute Gasteiger partial charge is 0.0456 e. The Morgan fingerprint density at radius 2 is 1.87 bits per heavy atom. The Labute approximate surface area is 90.9 Å². The molecular weight excluding hydrogens is 184 g/mol. The van der Waals surface area contributed by atoms with E-state index in [1.807, 2.05) is 0 Å². The number of rotatable bonds is 4. The number of para-hydroxylation sites is 1. The van der Waals surface area contributed by atoms with Crippen LogP contribution in [0.1, 0.15) is 19.5 Å². The maximum atomic E-state index is 3.45. The van der Waals surface area contributed by atoms with Gasteiger partial charge in [0.05, 0.1) is 0 Å². The van der Waals surface area contributed by atoms with Gasteiger partial charge in [-0.3, -0.25) is 4.90 Å². The van der Waals surface area contributed by atoms with Crippen LogP contribution in [0.4, 0.5) is 0 Å². The van der Waals surface area contributed by atoms with Crippen molar-refractivity contribution >= 4 is 10.9 Å². The van der Waals surface area contributed by atoms with Crippen LogP contribution in [0.3, 0.4) is 0 Å². The zero-order chi connectivity index (χ0) is 10.7. The normalized spacial score (nSPS) is 11.4. The number of benzene rings is 1. The van der Waals surface area contributed by atoms with Gasteiger partial charge in [0.2, 0.25) is 0 Å². The zero-order valence-corrected chi connectivity index (χ0v) is 9.46. The SMILES string of the molecule is CCN(CC)Cc1cc2ccccc2[nH]1. The van der Waals surface area contributed by atoms with Gasteiger partial charge < -0.3 is 4.98 Å². The Morgan fingerprint density at radius 3 is 2.53 bits per heavy atom. The van der Waals surface area contributed by atoms with Gasteiger partial charge in [0.25, 0.3) is 0 Å². The number of hydrogen-bond acceptors (Lipinski definition) is 1. The minimum absolute atomic E-state index is 1.02. The van der Waals surface area contributed by atoms with E-state index in [9.17, 15) is 0 Å². The van der Waals surface area contributed by atoms with Crippen molar-refractivity contribution in [3.05, 3.63) is 36.0 Å².